The Hall–Kier alpha value is -8.23. The zero-order chi connectivity index (χ0) is 35.1. The Bertz CT molecular complexity index is 2640. The van der Waals surface area contributed by atoms with E-state index in [-0.39, 0.29) is 5.41 Å². The van der Waals surface area contributed by atoms with Crippen LogP contribution in [0.25, 0.3) is 10.8 Å². The van der Waals surface area contributed by atoms with Crippen molar-refractivity contribution in [1.29, 1.82) is 0 Å². The number of anilines is 1. The van der Waals surface area contributed by atoms with Crippen LogP contribution in [0.4, 0.5) is 11.4 Å². The highest BCUT2D eigenvalue weighted by Gasteiger charge is 2.45. The van der Waals surface area contributed by atoms with Crippen LogP contribution in [0, 0.1) is 131 Å². The molecule has 1 heterocycles. The summed E-state index contributed by atoms with van der Waals surface area (Å²) in [6.45, 7) is 4.44. The number of rotatable bonds is 5. The summed E-state index contributed by atoms with van der Waals surface area (Å²) >= 11 is 0. The van der Waals surface area contributed by atoms with E-state index in [0.29, 0.717) is 0 Å². The summed E-state index contributed by atoms with van der Waals surface area (Å²) in [6, 6.07) is 25.9. The first kappa shape index (κ1) is 34.6. The van der Waals surface area contributed by atoms with Gasteiger partial charge in [-0.15, -0.1) is 11.0 Å². The molecule has 0 radical (unpaired) electrons. The maximum absolute atomic E-state index is 4.98. The molecule has 2 nitrogen and oxygen atoms in total. The number of para-hydroxylation sites is 1. The molecule has 226 valence electrons. The molecule has 0 amide bonds. The van der Waals surface area contributed by atoms with E-state index in [4.69, 9.17) is 6.42 Å². The van der Waals surface area contributed by atoms with Gasteiger partial charge in [0.15, 0.2) is 0 Å². The first-order chi connectivity index (χ1) is 24.6. The highest BCUT2D eigenvalue weighted by Crippen LogP contribution is 2.43. The first-order valence-electron chi connectivity index (χ1n) is 15.1. The fourth-order valence-electron chi connectivity index (χ4n) is 4.70. The third-order valence-corrected chi connectivity index (χ3v) is 6.73. The minimum Gasteiger partial charge on any atom is -0.362 e. The number of benzene rings is 3. The minimum absolute atomic E-state index is 0.303. The maximum atomic E-state index is 4.98. The van der Waals surface area contributed by atoms with Gasteiger partial charge in [0.2, 0.25) is 17.4 Å². The molecule has 0 atom stereocenters. The number of hydrogen-bond donors (Lipinski definition) is 1. The molecule has 2 heteroatoms. The standard InChI is InChI=1S/C48H24N2/c1-4-5-6-7-8-9-10-11-12-13-14-15-16-17-18-19-20-21-24-32-41-50-45-39-38-42-33-29-30-36-44(42)47(45)48(2,3)46(50)37-28-22-23-31-40-49-43-34-26-25-27-35-43/h1,22-23,25-31,33-40H,2-3H3/p+1. The molecule has 0 fully saturated rings. The van der Waals surface area contributed by atoms with Gasteiger partial charge in [0.25, 0.3) is 0 Å². The fraction of sp³-hybridized carbons (Fsp3) is 0.0625. The quantitative estimate of drug-likeness (QED) is 0.192. The van der Waals surface area contributed by atoms with Crippen LogP contribution in [0.2, 0.25) is 0 Å². The summed E-state index contributed by atoms with van der Waals surface area (Å²) in [7, 11) is 0. The lowest BCUT2D eigenvalue weighted by atomic mass is 9.79. The highest BCUT2D eigenvalue weighted by atomic mass is 15.0. The van der Waals surface area contributed by atoms with Crippen molar-refractivity contribution in [1.82, 2.24) is 0 Å². The van der Waals surface area contributed by atoms with Gasteiger partial charge in [-0.1, -0.05) is 60.7 Å². The van der Waals surface area contributed by atoms with E-state index >= 15 is 0 Å². The highest BCUT2D eigenvalue weighted by molar-refractivity contribution is 6.08. The van der Waals surface area contributed by atoms with Gasteiger partial charge in [-0.25, -0.2) is 0 Å². The van der Waals surface area contributed by atoms with Crippen molar-refractivity contribution in [3.05, 3.63) is 109 Å². The van der Waals surface area contributed by atoms with E-state index in [1.807, 2.05) is 65.4 Å². The van der Waals surface area contributed by atoms with Crippen LogP contribution in [-0.2, 0) is 5.41 Å². The normalized spacial score (nSPS) is 10.8. The topological polar surface area (TPSA) is 15.0 Å². The molecule has 3 aromatic carbocycles. The van der Waals surface area contributed by atoms with Gasteiger partial charge in [-0.05, 0) is 96.3 Å². The lowest BCUT2D eigenvalue weighted by Crippen LogP contribution is -2.26. The molecule has 0 saturated carbocycles. The predicted molar refractivity (Wildman–Crippen MR) is 206 cm³/mol. The lowest BCUT2D eigenvalue weighted by molar-refractivity contribution is -0.332. The second kappa shape index (κ2) is 19.3. The summed E-state index contributed by atoms with van der Waals surface area (Å²) in [5.41, 5.74) is 4.04. The van der Waals surface area contributed by atoms with Gasteiger partial charge in [-0.3, -0.25) is 0 Å². The number of fused-ring (bicyclic) bond motifs is 3. The molecule has 0 bridgehead atoms. The van der Waals surface area contributed by atoms with Crippen LogP contribution in [-0.4, -0.2) is 10.3 Å². The molecule has 1 N–H and O–H groups in total. The average molecular weight is 630 g/mol. The largest absolute Gasteiger partial charge is 0.362 e. The third kappa shape index (κ3) is 10.4. The molecule has 0 aromatic heterocycles. The van der Waals surface area contributed by atoms with Crippen molar-refractivity contribution in [2.24, 2.45) is 0 Å². The predicted octanol–water partition coefficient (Wildman–Crippen LogP) is 6.58. The van der Waals surface area contributed by atoms with Crippen LogP contribution in [0.5, 0.6) is 0 Å². The average Bonchev–Trinajstić information content (AvgIpc) is 3.35. The van der Waals surface area contributed by atoms with Gasteiger partial charge >= 0.3 is 0 Å². The van der Waals surface area contributed by atoms with Crippen molar-refractivity contribution < 1.29 is 4.58 Å². The van der Waals surface area contributed by atoms with Crippen LogP contribution in [0.15, 0.2) is 103 Å². The summed E-state index contributed by atoms with van der Waals surface area (Å²) in [5.74, 6) is 51.3. The molecular weight excluding hydrogens is 605 g/mol. The molecule has 1 aliphatic rings. The number of nitrogens with one attached hydrogen (secondary N) is 1. The molecule has 50 heavy (non-hydrogen) atoms. The molecule has 1 aliphatic heterocycles. The number of hydrogen-bond acceptors (Lipinski definition) is 1. The van der Waals surface area contributed by atoms with E-state index in [9.17, 15) is 0 Å². The van der Waals surface area contributed by atoms with Crippen LogP contribution in [0.1, 0.15) is 19.4 Å². The van der Waals surface area contributed by atoms with Crippen molar-refractivity contribution in [2.75, 3.05) is 5.32 Å². The van der Waals surface area contributed by atoms with Gasteiger partial charge in [-0.2, -0.15) is 0 Å². The molecule has 4 rings (SSSR count). The Morgan fingerprint density at radius 2 is 1.08 bits per heavy atom. The number of terminal acetylenes is 1. The van der Waals surface area contributed by atoms with Crippen LogP contribution < -0.4 is 5.32 Å². The second-order valence-electron chi connectivity index (χ2n) is 10.3. The summed E-state index contributed by atoms with van der Waals surface area (Å²) < 4.78 is 2.01. The zero-order valence-corrected chi connectivity index (χ0v) is 27.3. The molecule has 0 aliphatic carbocycles. The Morgan fingerprint density at radius 1 is 0.560 bits per heavy atom. The Morgan fingerprint density at radius 3 is 1.68 bits per heavy atom. The monoisotopic (exact) mass is 629 g/mol. The van der Waals surface area contributed by atoms with Crippen LogP contribution >= 0.6 is 0 Å². The zero-order valence-electron chi connectivity index (χ0n) is 27.3. The lowest BCUT2D eigenvalue weighted by Gasteiger charge is -2.17. The minimum atomic E-state index is -0.303. The molecule has 0 spiro atoms. The van der Waals surface area contributed by atoms with Gasteiger partial charge < -0.3 is 5.32 Å². The smallest absolute Gasteiger partial charge is 0.243 e. The summed E-state index contributed by atoms with van der Waals surface area (Å²) in [6.07, 6.45) is 16.9. The van der Waals surface area contributed by atoms with Gasteiger partial charge in [0.05, 0.1) is 11.3 Å². The van der Waals surface area contributed by atoms with Crippen molar-refractivity contribution in [2.45, 2.75) is 19.3 Å². The third-order valence-electron chi connectivity index (χ3n) is 6.73. The Balaban J connectivity index is 1.47. The van der Waals surface area contributed by atoms with E-state index < -0.39 is 0 Å². The van der Waals surface area contributed by atoms with E-state index in [2.05, 4.69) is 186 Å². The van der Waals surface area contributed by atoms with E-state index in [0.717, 1.165) is 17.1 Å². The summed E-state index contributed by atoms with van der Waals surface area (Å²) in [4.78, 5) is 0. The molecule has 0 saturated heterocycles. The van der Waals surface area contributed by atoms with Crippen molar-refractivity contribution in [3.63, 3.8) is 0 Å². The molecular formula is C48H25N2+. The second-order valence-corrected chi connectivity index (χ2v) is 10.3. The Kier molecular flexibility index (Phi) is 13.4. The fourth-order valence-corrected chi connectivity index (χ4v) is 4.70. The number of allylic oxidation sites excluding steroid dienone is 5. The molecule has 0 unspecified atom stereocenters. The molecule has 3 aromatic rings. The van der Waals surface area contributed by atoms with E-state index in [1.54, 1.807) is 0 Å². The first-order valence-corrected chi connectivity index (χ1v) is 15.1. The maximum Gasteiger partial charge on any atom is 0.243 e. The van der Waals surface area contributed by atoms with Crippen molar-refractivity contribution >= 4 is 27.9 Å². The SMILES string of the molecule is C#CC#CC#CC#CC#CC#CC#CC#CC#CC#CC#C[N+]1=C(/C=C/C=C/C=C/Nc2ccccc2)C(C)(C)c2c1ccc1ccccc21. The number of nitrogens with zero attached hydrogens (tertiary/aromatic N) is 1. The van der Waals surface area contributed by atoms with Crippen LogP contribution in [0.3, 0.4) is 0 Å². The Labute approximate surface area is 295 Å². The van der Waals surface area contributed by atoms with Gasteiger partial charge in [0, 0.05) is 94.7 Å². The summed E-state index contributed by atoms with van der Waals surface area (Å²) in [5, 5.41) is 5.64. The van der Waals surface area contributed by atoms with Gasteiger partial charge in [0.1, 0.15) is 0 Å². The van der Waals surface area contributed by atoms with Crippen molar-refractivity contribution in [3.8, 4) is 131 Å². The van der Waals surface area contributed by atoms with E-state index in [1.165, 1.54) is 16.3 Å².